The minimum Gasteiger partial charge on any atom is -0.493 e. The SMILES string of the molecule is COc1ccc(/C=N\NC(=O)[C@H](C)Oc2ccc3ccccc3c2)cc1OC. The molecule has 144 valence electrons. The van der Waals surface area contributed by atoms with E-state index >= 15 is 0 Å². The first kappa shape index (κ1) is 19.2. The van der Waals surface area contributed by atoms with Crippen molar-refractivity contribution in [3.63, 3.8) is 0 Å². The number of nitrogens with zero attached hydrogens (tertiary/aromatic N) is 1. The predicted octanol–water partition coefficient (Wildman–Crippen LogP) is 3.77. The number of amides is 1. The average molecular weight is 378 g/mol. The van der Waals surface area contributed by atoms with E-state index in [1.54, 1.807) is 33.3 Å². The minimum absolute atomic E-state index is 0.343. The number of hydrogen-bond donors (Lipinski definition) is 1. The minimum atomic E-state index is -0.691. The molecule has 0 heterocycles. The fourth-order valence-electron chi connectivity index (χ4n) is 2.69. The Labute approximate surface area is 163 Å². The Bertz CT molecular complexity index is 1000. The monoisotopic (exact) mass is 378 g/mol. The van der Waals surface area contributed by atoms with Gasteiger partial charge in [-0.05, 0) is 53.6 Å². The van der Waals surface area contributed by atoms with Crippen molar-refractivity contribution in [1.29, 1.82) is 0 Å². The zero-order valence-corrected chi connectivity index (χ0v) is 16.0. The first-order chi connectivity index (χ1) is 13.6. The summed E-state index contributed by atoms with van der Waals surface area (Å²) in [5.74, 6) is 1.50. The summed E-state index contributed by atoms with van der Waals surface area (Å²) in [6, 6.07) is 19.0. The smallest absolute Gasteiger partial charge is 0.280 e. The number of nitrogens with one attached hydrogen (secondary N) is 1. The molecule has 0 saturated heterocycles. The molecule has 3 aromatic carbocycles. The molecule has 0 aliphatic heterocycles. The van der Waals surface area contributed by atoms with Crippen LogP contribution in [0.5, 0.6) is 17.2 Å². The topological polar surface area (TPSA) is 69.2 Å². The van der Waals surface area contributed by atoms with Crippen LogP contribution in [-0.2, 0) is 4.79 Å². The van der Waals surface area contributed by atoms with Crippen molar-refractivity contribution in [1.82, 2.24) is 5.43 Å². The Morgan fingerprint density at radius 1 is 0.964 bits per heavy atom. The van der Waals surface area contributed by atoms with Crippen LogP contribution in [-0.4, -0.2) is 32.4 Å². The largest absolute Gasteiger partial charge is 0.493 e. The molecule has 1 amide bonds. The number of benzene rings is 3. The van der Waals surface area contributed by atoms with E-state index in [-0.39, 0.29) is 5.91 Å². The van der Waals surface area contributed by atoms with E-state index in [9.17, 15) is 4.79 Å². The van der Waals surface area contributed by atoms with Gasteiger partial charge >= 0.3 is 0 Å². The maximum Gasteiger partial charge on any atom is 0.280 e. The van der Waals surface area contributed by atoms with Crippen molar-refractivity contribution in [3.8, 4) is 17.2 Å². The van der Waals surface area contributed by atoms with Crippen molar-refractivity contribution in [2.24, 2.45) is 5.10 Å². The summed E-state index contributed by atoms with van der Waals surface area (Å²) >= 11 is 0. The fourth-order valence-corrected chi connectivity index (χ4v) is 2.69. The van der Waals surface area contributed by atoms with Gasteiger partial charge in [-0.3, -0.25) is 4.79 Å². The second-order valence-corrected chi connectivity index (χ2v) is 6.12. The highest BCUT2D eigenvalue weighted by atomic mass is 16.5. The number of hydrogen-bond acceptors (Lipinski definition) is 5. The van der Waals surface area contributed by atoms with Crippen molar-refractivity contribution < 1.29 is 19.0 Å². The number of ether oxygens (including phenoxy) is 3. The molecule has 0 spiro atoms. The van der Waals surface area contributed by atoms with Gasteiger partial charge in [-0.2, -0.15) is 5.10 Å². The number of hydrazone groups is 1. The first-order valence-corrected chi connectivity index (χ1v) is 8.81. The van der Waals surface area contributed by atoms with Crippen LogP contribution in [0.3, 0.4) is 0 Å². The van der Waals surface area contributed by atoms with E-state index in [1.807, 2.05) is 48.5 Å². The van der Waals surface area contributed by atoms with Gasteiger partial charge in [0, 0.05) is 0 Å². The van der Waals surface area contributed by atoms with E-state index in [0.29, 0.717) is 17.2 Å². The molecule has 28 heavy (non-hydrogen) atoms. The zero-order chi connectivity index (χ0) is 19.9. The summed E-state index contributed by atoms with van der Waals surface area (Å²) in [5, 5.41) is 6.16. The van der Waals surface area contributed by atoms with Gasteiger partial charge in [-0.1, -0.05) is 30.3 Å². The van der Waals surface area contributed by atoms with Crippen molar-refractivity contribution in [2.75, 3.05) is 14.2 Å². The Kier molecular flexibility index (Phi) is 6.11. The molecule has 1 N–H and O–H groups in total. The van der Waals surface area contributed by atoms with Gasteiger partial charge in [0.1, 0.15) is 5.75 Å². The lowest BCUT2D eigenvalue weighted by Gasteiger charge is -2.13. The average Bonchev–Trinajstić information content (AvgIpc) is 2.73. The summed E-state index contributed by atoms with van der Waals surface area (Å²) in [6.07, 6.45) is 0.839. The number of carbonyl (C=O) groups is 1. The van der Waals surface area contributed by atoms with Crippen LogP contribution in [0.25, 0.3) is 10.8 Å². The van der Waals surface area contributed by atoms with Crippen molar-refractivity contribution in [3.05, 3.63) is 66.2 Å². The van der Waals surface area contributed by atoms with E-state index in [4.69, 9.17) is 14.2 Å². The number of carbonyl (C=O) groups excluding carboxylic acids is 1. The van der Waals surface area contributed by atoms with Gasteiger partial charge in [0.15, 0.2) is 17.6 Å². The van der Waals surface area contributed by atoms with Gasteiger partial charge in [-0.15, -0.1) is 0 Å². The van der Waals surface area contributed by atoms with Crippen LogP contribution >= 0.6 is 0 Å². The second-order valence-electron chi connectivity index (χ2n) is 6.12. The van der Waals surface area contributed by atoms with Gasteiger partial charge in [0.05, 0.1) is 20.4 Å². The van der Waals surface area contributed by atoms with Gasteiger partial charge in [0.25, 0.3) is 5.91 Å². The maximum atomic E-state index is 12.2. The molecular weight excluding hydrogens is 356 g/mol. The molecule has 0 aliphatic rings. The third-order valence-electron chi connectivity index (χ3n) is 4.20. The molecule has 0 aliphatic carbocycles. The van der Waals surface area contributed by atoms with Crippen LogP contribution < -0.4 is 19.6 Å². The van der Waals surface area contributed by atoms with Gasteiger partial charge in [-0.25, -0.2) is 5.43 Å². The third kappa shape index (κ3) is 4.59. The van der Waals surface area contributed by atoms with Crippen LogP contribution in [0.4, 0.5) is 0 Å². The molecular formula is C22H22N2O4. The molecule has 0 radical (unpaired) electrons. The Morgan fingerprint density at radius 2 is 1.71 bits per heavy atom. The van der Waals surface area contributed by atoms with E-state index in [1.165, 1.54) is 6.21 Å². The van der Waals surface area contributed by atoms with Crippen LogP contribution in [0.1, 0.15) is 12.5 Å². The zero-order valence-electron chi connectivity index (χ0n) is 16.0. The second kappa shape index (κ2) is 8.90. The fraction of sp³-hybridized carbons (Fsp3) is 0.182. The number of methoxy groups -OCH3 is 2. The molecule has 6 heteroatoms. The molecule has 0 aromatic heterocycles. The van der Waals surface area contributed by atoms with Crippen molar-refractivity contribution >= 4 is 22.9 Å². The maximum absolute atomic E-state index is 12.2. The third-order valence-corrected chi connectivity index (χ3v) is 4.20. The summed E-state index contributed by atoms with van der Waals surface area (Å²) in [7, 11) is 3.13. The quantitative estimate of drug-likeness (QED) is 0.502. The normalized spacial score (nSPS) is 12.0. The number of fused-ring (bicyclic) bond motifs is 1. The first-order valence-electron chi connectivity index (χ1n) is 8.81. The Morgan fingerprint density at radius 3 is 2.46 bits per heavy atom. The molecule has 3 aromatic rings. The molecule has 0 saturated carbocycles. The highest BCUT2D eigenvalue weighted by Crippen LogP contribution is 2.26. The van der Waals surface area contributed by atoms with E-state index in [2.05, 4.69) is 10.5 Å². The highest BCUT2D eigenvalue weighted by Gasteiger charge is 2.14. The molecule has 3 rings (SSSR count). The summed E-state index contributed by atoms with van der Waals surface area (Å²) in [4.78, 5) is 12.2. The number of rotatable bonds is 7. The summed E-state index contributed by atoms with van der Waals surface area (Å²) in [6.45, 7) is 1.68. The lowest BCUT2D eigenvalue weighted by molar-refractivity contribution is -0.127. The van der Waals surface area contributed by atoms with Crippen LogP contribution in [0.2, 0.25) is 0 Å². The highest BCUT2D eigenvalue weighted by molar-refractivity contribution is 5.86. The van der Waals surface area contributed by atoms with Gasteiger partial charge in [0.2, 0.25) is 0 Å². The summed E-state index contributed by atoms with van der Waals surface area (Å²) in [5.41, 5.74) is 3.25. The van der Waals surface area contributed by atoms with Crippen LogP contribution in [0.15, 0.2) is 65.8 Å². The molecule has 1 atom stereocenters. The molecule has 0 bridgehead atoms. The summed E-state index contributed by atoms with van der Waals surface area (Å²) < 4.78 is 16.2. The van der Waals surface area contributed by atoms with Gasteiger partial charge < -0.3 is 14.2 Å². The Hall–Kier alpha value is -3.54. The lowest BCUT2D eigenvalue weighted by Crippen LogP contribution is -2.33. The lowest BCUT2D eigenvalue weighted by atomic mass is 10.1. The molecule has 0 fully saturated rings. The molecule has 0 unspecified atom stereocenters. The van der Waals surface area contributed by atoms with E-state index in [0.717, 1.165) is 16.3 Å². The predicted molar refractivity (Wildman–Crippen MR) is 109 cm³/mol. The Balaban J connectivity index is 1.59. The standard InChI is InChI=1S/C22H22N2O4/c1-15(28-19-10-9-17-6-4-5-7-18(17)13-19)22(25)24-23-14-16-8-11-20(26-2)21(12-16)27-3/h4-15H,1-3H3,(H,24,25)/b23-14-/t15-/m0/s1. The van der Waals surface area contributed by atoms with Crippen molar-refractivity contribution in [2.45, 2.75) is 13.0 Å². The van der Waals surface area contributed by atoms with Crippen LogP contribution in [0, 0.1) is 0 Å². The molecule has 6 nitrogen and oxygen atoms in total. The van der Waals surface area contributed by atoms with E-state index < -0.39 is 6.10 Å².